The van der Waals surface area contributed by atoms with Crippen molar-refractivity contribution in [2.75, 3.05) is 19.6 Å². The van der Waals surface area contributed by atoms with Crippen molar-refractivity contribution in [3.63, 3.8) is 0 Å². The minimum atomic E-state index is -0.202. The monoisotopic (exact) mass is 310 g/mol. The maximum Gasteiger partial charge on any atom is 0.0517 e. The van der Waals surface area contributed by atoms with Crippen LogP contribution >= 0.6 is 0 Å². The van der Waals surface area contributed by atoms with Crippen LogP contribution in [-0.4, -0.2) is 47.8 Å². The van der Waals surface area contributed by atoms with Gasteiger partial charge in [-0.25, -0.2) is 0 Å². The summed E-state index contributed by atoms with van der Waals surface area (Å²) in [7, 11) is 0. The van der Waals surface area contributed by atoms with Crippen LogP contribution in [0.2, 0.25) is 0 Å². The van der Waals surface area contributed by atoms with Gasteiger partial charge in [-0.3, -0.25) is 0 Å². The van der Waals surface area contributed by atoms with Gasteiger partial charge in [-0.1, -0.05) is 33.6 Å². The van der Waals surface area contributed by atoms with Crippen molar-refractivity contribution in [2.45, 2.75) is 90.8 Å². The van der Waals surface area contributed by atoms with Gasteiger partial charge in [0.15, 0.2) is 0 Å². The Labute approximate surface area is 137 Å². The van der Waals surface area contributed by atoms with E-state index in [0.29, 0.717) is 6.04 Å². The van der Waals surface area contributed by atoms with Gasteiger partial charge in [0.1, 0.15) is 0 Å². The van der Waals surface area contributed by atoms with Crippen LogP contribution in [0.15, 0.2) is 0 Å². The molecule has 3 heteroatoms. The van der Waals surface area contributed by atoms with Crippen molar-refractivity contribution < 1.29 is 5.11 Å². The lowest BCUT2D eigenvalue weighted by Gasteiger charge is -2.43. The summed E-state index contributed by atoms with van der Waals surface area (Å²) in [5.41, 5.74) is 0.184. The van der Waals surface area contributed by atoms with Crippen molar-refractivity contribution in [1.29, 1.82) is 0 Å². The van der Waals surface area contributed by atoms with Gasteiger partial charge in [-0.2, -0.15) is 0 Å². The number of rotatable bonds is 6. The first-order valence-corrected chi connectivity index (χ1v) is 9.53. The van der Waals surface area contributed by atoms with E-state index in [1.165, 1.54) is 51.6 Å². The van der Waals surface area contributed by atoms with Gasteiger partial charge in [0.25, 0.3) is 0 Å². The quantitative estimate of drug-likeness (QED) is 0.789. The third kappa shape index (κ3) is 5.50. The second kappa shape index (κ2) is 8.12. The number of aliphatic hydroxyl groups excluding tert-OH is 1. The van der Waals surface area contributed by atoms with Crippen molar-refractivity contribution in [3.8, 4) is 0 Å². The highest BCUT2D eigenvalue weighted by Gasteiger charge is 2.30. The van der Waals surface area contributed by atoms with Gasteiger partial charge in [-0.15, -0.1) is 0 Å². The minimum absolute atomic E-state index is 0.184. The molecule has 2 rings (SSSR count). The molecule has 22 heavy (non-hydrogen) atoms. The standard InChI is InChI=1S/C19H38N2O/c1-15-7-5-6-8-18(15)21-11-9-17(10-12-21)20-14-19(3,4)13-16(2)22/h15-18,20,22H,5-14H2,1-4H3. The topological polar surface area (TPSA) is 35.5 Å². The molecule has 1 aliphatic heterocycles. The molecule has 1 saturated heterocycles. The highest BCUT2D eigenvalue weighted by molar-refractivity contribution is 4.87. The third-order valence-electron chi connectivity index (χ3n) is 5.78. The molecular formula is C19H38N2O. The molecule has 0 bridgehead atoms. The largest absolute Gasteiger partial charge is 0.393 e. The van der Waals surface area contributed by atoms with Crippen LogP contribution in [-0.2, 0) is 0 Å². The zero-order chi connectivity index (χ0) is 16.2. The third-order valence-corrected chi connectivity index (χ3v) is 5.78. The van der Waals surface area contributed by atoms with E-state index in [1.807, 2.05) is 6.92 Å². The molecule has 2 N–H and O–H groups in total. The fourth-order valence-electron chi connectivity index (χ4n) is 4.57. The smallest absolute Gasteiger partial charge is 0.0517 e. The summed E-state index contributed by atoms with van der Waals surface area (Å²) in [4.78, 5) is 2.77. The summed E-state index contributed by atoms with van der Waals surface area (Å²) in [6.07, 6.45) is 8.96. The molecule has 0 spiro atoms. The van der Waals surface area contributed by atoms with Crippen LogP contribution < -0.4 is 5.32 Å². The van der Waals surface area contributed by atoms with Gasteiger partial charge in [0.05, 0.1) is 6.10 Å². The molecule has 0 aromatic rings. The molecule has 1 heterocycles. The van der Waals surface area contributed by atoms with E-state index in [4.69, 9.17) is 0 Å². The Bertz CT molecular complexity index is 321. The maximum absolute atomic E-state index is 9.59. The predicted molar refractivity (Wildman–Crippen MR) is 94.1 cm³/mol. The maximum atomic E-state index is 9.59. The number of aliphatic hydroxyl groups is 1. The minimum Gasteiger partial charge on any atom is -0.393 e. The summed E-state index contributed by atoms with van der Waals surface area (Å²) in [5, 5.41) is 13.4. The lowest BCUT2D eigenvalue weighted by molar-refractivity contribution is 0.0771. The SMILES string of the molecule is CC(O)CC(C)(C)CNC1CCN(C2CCCCC2C)CC1. The second-order valence-corrected chi connectivity index (χ2v) is 8.74. The van der Waals surface area contributed by atoms with Gasteiger partial charge >= 0.3 is 0 Å². The average molecular weight is 311 g/mol. The Morgan fingerprint density at radius 1 is 1.14 bits per heavy atom. The van der Waals surface area contributed by atoms with Crippen molar-refractivity contribution in [1.82, 2.24) is 10.2 Å². The zero-order valence-electron chi connectivity index (χ0n) is 15.3. The Morgan fingerprint density at radius 2 is 1.77 bits per heavy atom. The van der Waals surface area contributed by atoms with Gasteiger partial charge in [0, 0.05) is 18.6 Å². The van der Waals surface area contributed by atoms with E-state index in [1.54, 1.807) is 0 Å². The van der Waals surface area contributed by atoms with Crippen molar-refractivity contribution in [3.05, 3.63) is 0 Å². The molecule has 2 fully saturated rings. The van der Waals surface area contributed by atoms with Gasteiger partial charge < -0.3 is 15.3 Å². The Morgan fingerprint density at radius 3 is 2.36 bits per heavy atom. The van der Waals surface area contributed by atoms with E-state index >= 15 is 0 Å². The van der Waals surface area contributed by atoms with Crippen LogP contribution in [0.5, 0.6) is 0 Å². The number of hydrogen-bond acceptors (Lipinski definition) is 3. The first-order valence-electron chi connectivity index (χ1n) is 9.53. The molecule has 0 aromatic carbocycles. The zero-order valence-corrected chi connectivity index (χ0v) is 15.3. The summed E-state index contributed by atoms with van der Waals surface area (Å²) in [6, 6.07) is 1.52. The first kappa shape index (κ1) is 18.2. The number of nitrogens with one attached hydrogen (secondary N) is 1. The summed E-state index contributed by atoms with van der Waals surface area (Å²) >= 11 is 0. The predicted octanol–water partition coefficient (Wildman–Crippen LogP) is 3.42. The lowest BCUT2D eigenvalue weighted by atomic mass is 9.83. The highest BCUT2D eigenvalue weighted by Crippen LogP contribution is 2.30. The summed E-state index contributed by atoms with van der Waals surface area (Å²) in [5.74, 6) is 0.892. The highest BCUT2D eigenvalue weighted by atomic mass is 16.3. The molecule has 0 aromatic heterocycles. The van der Waals surface area contributed by atoms with E-state index in [0.717, 1.165) is 24.9 Å². The lowest BCUT2D eigenvalue weighted by Crippen LogP contribution is -2.50. The Balaban J connectivity index is 1.71. The van der Waals surface area contributed by atoms with E-state index in [9.17, 15) is 5.11 Å². The Hall–Kier alpha value is -0.120. The Kier molecular flexibility index (Phi) is 6.73. The number of hydrogen-bond donors (Lipinski definition) is 2. The molecule has 3 atom stereocenters. The number of likely N-dealkylation sites (tertiary alicyclic amines) is 1. The molecule has 3 unspecified atom stereocenters. The molecule has 0 radical (unpaired) electrons. The molecule has 0 amide bonds. The summed E-state index contributed by atoms with van der Waals surface area (Å²) in [6.45, 7) is 12.4. The van der Waals surface area contributed by atoms with Gasteiger partial charge in [-0.05, 0) is 63.5 Å². The van der Waals surface area contributed by atoms with Crippen LogP contribution in [0.1, 0.15) is 72.6 Å². The van der Waals surface area contributed by atoms with Crippen LogP contribution in [0.25, 0.3) is 0 Å². The fraction of sp³-hybridized carbons (Fsp3) is 1.00. The molecule has 2 aliphatic rings. The van der Waals surface area contributed by atoms with Crippen LogP contribution in [0.4, 0.5) is 0 Å². The number of piperidine rings is 1. The molecule has 3 nitrogen and oxygen atoms in total. The fourth-order valence-corrected chi connectivity index (χ4v) is 4.57. The van der Waals surface area contributed by atoms with E-state index in [-0.39, 0.29) is 11.5 Å². The second-order valence-electron chi connectivity index (χ2n) is 8.74. The molecule has 1 aliphatic carbocycles. The first-order chi connectivity index (χ1) is 10.4. The van der Waals surface area contributed by atoms with Crippen molar-refractivity contribution >= 4 is 0 Å². The molecular weight excluding hydrogens is 272 g/mol. The van der Waals surface area contributed by atoms with E-state index < -0.39 is 0 Å². The molecule has 1 saturated carbocycles. The average Bonchev–Trinajstić information content (AvgIpc) is 2.45. The van der Waals surface area contributed by atoms with Crippen molar-refractivity contribution in [2.24, 2.45) is 11.3 Å². The number of nitrogens with zero attached hydrogens (tertiary/aromatic N) is 1. The molecule has 130 valence electrons. The summed E-state index contributed by atoms with van der Waals surface area (Å²) < 4.78 is 0. The normalized spacial score (nSPS) is 30.4. The van der Waals surface area contributed by atoms with Crippen LogP contribution in [0, 0.1) is 11.3 Å². The van der Waals surface area contributed by atoms with Gasteiger partial charge in [0.2, 0.25) is 0 Å². The van der Waals surface area contributed by atoms with Crippen LogP contribution in [0.3, 0.4) is 0 Å². The van der Waals surface area contributed by atoms with E-state index in [2.05, 4.69) is 31.0 Å².